The molecule has 3 N–H and O–H groups in total. The van der Waals surface area contributed by atoms with E-state index < -0.39 is 11.8 Å². The van der Waals surface area contributed by atoms with Crippen LogP contribution < -0.4 is 25.6 Å². The third-order valence-corrected chi connectivity index (χ3v) is 5.03. The maximum Gasteiger partial charge on any atom is 0.276 e. The van der Waals surface area contributed by atoms with E-state index in [0.717, 1.165) is 21.9 Å². The van der Waals surface area contributed by atoms with Crippen LogP contribution >= 0.6 is 12.2 Å². The molecular formula is C25H27N3O4S. The van der Waals surface area contributed by atoms with Crippen molar-refractivity contribution in [2.75, 3.05) is 13.2 Å². The fraction of sp³-hybridized carbons (Fsp3) is 0.240. The van der Waals surface area contributed by atoms with E-state index in [9.17, 15) is 9.59 Å². The van der Waals surface area contributed by atoms with Gasteiger partial charge >= 0.3 is 0 Å². The molecule has 172 valence electrons. The lowest BCUT2D eigenvalue weighted by atomic mass is 10.0. The van der Waals surface area contributed by atoms with Gasteiger partial charge in [-0.2, -0.15) is 0 Å². The second-order valence-electron chi connectivity index (χ2n) is 7.80. The van der Waals surface area contributed by atoms with Gasteiger partial charge in [0, 0.05) is 5.39 Å². The van der Waals surface area contributed by atoms with Crippen LogP contribution in [0.5, 0.6) is 11.5 Å². The number of carbonyl (C=O) groups excluding carboxylic acids is 2. The number of carbonyl (C=O) groups is 2. The molecule has 3 aromatic carbocycles. The van der Waals surface area contributed by atoms with Gasteiger partial charge in [-0.15, -0.1) is 0 Å². The maximum atomic E-state index is 12.2. The number of benzene rings is 3. The number of hydrazine groups is 1. The van der Waals surface area contributed by atoms with Gasteiger partial charge in [-0.1, -0.05) is 62.4 Å². The highest BCUT2D eigenvalue weighted by molar-refractivity contribution is 7.80. The van der Waals surface area contributed by atoms with Crippen LogP contribution in [0.1, 0.15) is 30.9 Å². The maximum absolute atomic E-state index is 12.2. The Balaban J connectivity index is 1.42. The molecule has 7 nitrogen and oxygen atoms in total. The zero-order valence-electron chi connectivity index (χ0n) is 18.8. The van der Waals surface area contributed by atoms with Crippen LogP contribution in [0.15, 0.2) is 60.7 Å². The lowest BCUT2D eigenvalue weighted by molar-refractivity contribution is -0.124. The Morgan fingerprint density at radius 1 is 0.879 bits per heavy atom. The number of ether oxygens (including phenoxy) is 2. The van der Waals surface area contributed by atoms with E-state index >= 15 is 0 Å². The van der Waals surface area contributed by atoms with E-state index in [4.69, 9.17) is 21.7 Å². The fourth-order valence-corrected chi connectivity index (χ4v) is 3.37. The molecule has 3 rings (SSSR count). The van der Waals surface area contributed by atoms with E-state index in [1.807, 2.05) is 61.5 Å². The Labute approximate surface area is 198 Å². The average molecular weight is 466 g/mol. The second kappa shape index (κ2) is 11.3. The smallest absolute Gasteiger partial charge is 0.276 e. The van der Waals surface area contributed by atoms with Crippen molar-refractivity contribution in [1.82, 2.24) is 16.2 Å². The molecule has 0 aliphatic carbocycles. The molecule has 0 aliphatic heterocycles. The highest BCUT2D eigenvalue weighted by atomic mass is 32.1. The Kier molecular flexibility index (Phi) is 8.21. The molecule has 0 saturated heterocycles. The summed E-state index contributed by atoms with van der Waals surface area (Å²) in [6, 6.07) is 19.3. The minimum atomic E-state index is -0.452. The zero-order valence-corrected chi connectivity index (χ0v) is 19.6. The van der Waals surface area contributed by atoms with E-state index in [1.165, 1.54) is 0 Å². The lowest BCUT2D eigenvalue weighted by Gasteiger charge is -2.15. The van der Waals surface area contributed by atoms with Crippen LogP contribution in [0.2, 0.25) is 0 Å². The normalized spacial score (nSPS) is 10.5. The molecular weight excluding hydrogens is 438 g/mol. The van der Waals surface area contributed by atoms with Gasteiger partial charge in [0.15, 0.2) is 18.3 Å². The minimum Gasteiger partial charge on any atom is -0.483 e. The molecule has 0 atom stereocenters. The van der Waals surface area contributed by atoms with Crippen LogP contribution in [-0.4, -0.2) is 30.1 Å². The van der Waals surface area contributed by atoms with Gasteiger partial charge in [0.2, 0.25) is 0 Å². The Morgan fingerprint density at radius 3 is 2.36 bits per heavy atom. The molecule has 8 heteroatoms. The number of thiocarbonyl (C=S) groups is 1. The molecule has 0 spiro atoms. The Hall–Kier alpha value is -3.65. The van der Waals surface area contributed by atoms with Crippen LogP contribution in [-0.2, 0) is 9.59 Å². The molecule has 0 bridgehead atoms. The first kappa shape index (κ1) is 24.0. The van der Waals surface area contributed by atoms with Crippen LogP contribution in [0.4, 0.5) is 0 Å². The van der Waals surface area contributed by atoms with Crippen molar-refractivity contribution in [3.05, 3.63) is 71.8 Å². The zero-order chi connectivity index (χ0) is 23.8. The second-order valence-corrected chi connectivity index (χ2v) is 8.21. The van der Waals surface area contributed by atoms with Gasteiger partial charge in [-0.05, 0) is 53.7 Å². The van der Waals surface area contributed by atoms with Crippen molar-refractivity contribution in [3.63, 3.8) is 0 Å². The molecule has 0 saturated carbocycles. The largest absolute Gasteiger partial charge is 0.483 e. The van der Waals surface area contributed by atoms with Crippen LogP contribution in [0.3, 0.4) is 0 Å². The summed E-state index contributed by atoms with van der Waals surface area (Å²) < 4.78 is 11.3. The molecule has 0 fully saturated rings. The van der Waals surface area contributed by atoms with Crippen LogP contribution in [0.25, 0.3) is 10.8 Å². The quantitative estimate of drug-likeness (QED) is 0.364. The summed E-state index contributed by atoms with van der Waals surface area (Å²) in [5.74, 6) is 0.647. The lowest BCUT2D eigenvalue weighted by Crippen LogP contribution is -2.50. The van der Waals surface area contributed by atoms with E-state index in [2.05, 4.69) is 30.0 Å². The number of rotatable bonds is 7. The number of amides is 2. The molecule has 0 radical (unpaired) electrons. The highest BCUT2D eigenvalue weighted by Crippen LogP contribution is 2.27. The number of fused-ring (bicyclic) bond motifs is 1. The minimum absolute atomic E-state index is 0.0479. The molecule has 2 amide bonds. The molecule has 0 aliphatic rings. The number of aryl methyl sites for hydroxylation is 1. The van der Waals surface area contributed by atoms with E-state index in [-0.39, 0.29) is 24.2 Å². The predicted octanol–water partition coefficient (Wildman–Crippen LogP) is 3.75. The third-order valence-electron chi connectivity index (χ3n) is 4.83. The summed E-state index contributed by atoms with van der Waals surface area (Å²) >= 11 is 5.05. The monoisotopic (exact) mass is 465 g/mol. The first-order valence-corrected chi connectivity index (χ1v) is 11.0. The van der Waals surface area contributed by atoms with Crippen molar-refractivity contribution in [1.29, 1.82) is 0 Å². The average Bonchev–Trinajstić information content (AvgIpc) is 2.79. The molecule has 0 heterocycles. The van der Waals surface area contributed by atoms with Crippen molar-refractivity contribution >= 4 is 39.9 Å². The molecule has 33 heavy (non-hydrogen) atoms. The number of hydrogen-bond acceptors (Lipinski definition) is 5. The first-order chi connectivity index (χ1) is 15.8. The van der Waals surface area contributed by atoms with Crippen molar-refractivity contribution < 1.29 is 19.1 Å². The summed E-state index contributed by atoms with van der Waals surface area (Å²) in [4.78, 5) is 24.3. The summed E-state index contributed by atoms with van der Waals surface area (Å²) in [6.07, 6.45) is 0. The predicted molar refractivity (Wildman–Crippen MR) is 132 cm³/mol. The van der Waals surface area contributed by atoms with Gasteiger partial charge in [0.1, 0.15) is 11.5 Å². The topological polar surface area (TPSA) is 88.7 Å². The number of hydrogen-bond donors (Lipinski definition) is 3. The van der Waals surface area contributed by atoms with Crippen molar-refractivity contribution in [2.24, 2.45) is 0 Å². The standard InChI is InChI=1S/C25H27N3O4S/c1-16(2)19-12-11-17(3)13-22(19)32-15-24(30)27-28-25(33)26-23(29)14-31-21-10-6-8-18-7-4-5-9-20(18)21/h4-13,16H,14-15H2,1-3H3,(H,27,30)(H2,26,28,29,33). The highest BCUT2D eigenvalue weighted by Gasteiger charge is 2.12. The SMILES string of the molecule is Cc1ccc(C(C)C)c(OCC(=O)NNC(=S)NC(=O)COc2cccc3ccccc23)c1. The molecule has 0 aromatic heterocycles. The van der Waals surface area contributed by atoms with Gasteiger partial charge in [-0.25, -0.2) is 0 Å². The Bertz CT molecular complexity index is 1160. The summed E-state index contributed by atoms with van der Waals surface area (Å²) in [6.45, 7) is 5.66. The fourth-order valence-electron chi connectivity index (χ4n) is 3.21. The summed E-state index contributed by atoms with van der Waals surface area (Å²) in [7, 11) is 0. The third kappa shape index (κ3) is 6.92. The van der Waals surface area contributed by atoms with Crippen molar-refractivity contribution in [3.8, 4) is 11.5 Å². The first-order valence-electron chi connectivity index (χ1n) is 10.6. The van der Waals surface area contributed by atoms with Gasteiger partial charge < -0.3 is 9.47 Å². The number of nitrogens with one attached hydrogen (secondary N) is 3. The van der Waals surface area contributed by atoms with Crippen molar-refractivity contribution in [2.45, 2.75) is 26.7 Å². The van der Waals surface area contributed by atoms with Gasteiger partial charge in [-0.3, -0.25) is 25.8 Å². The van der Waals surface area contributed by atoms with Gasteiger partial charge in [0.05, 0.1) is 0 Å². The van der Waals surface area contributed by atoms with E-state index in [1.54, 1.807) is 6.07 Å². The summed E-state index contributed by atoms with van der Waals surface area (Å²) in [5, 5.41) is 4.34. The van der Waals surface area contributed by atoms with Gasteiger partial charge in [0.25, 0.3) is 11.8 Å². The molecule has 3 aromatic rings. The summed E-state index contributed by atoms with van der Waals surface area (Å²) in [5.41, 5.74) is 6.97. The van der Waals surface area contributed by atoms with Crippen LogP contribution in [0, 0.1) is 6.92 Å². The van der Waals surface area contributed by atoms with E-state index in [0.29, 0.717) is 11.5 Å². The molecule has 0 unspecified atom stereocenters. The Morgan fingerprint density at radius 2 is 1.58 bits per heavy atom.